The molecule has 0 aliphatic heterocycles. The summed E-state index contributed by atoms with van der Waals surface area (Å²) in [6.07, 6.45) is 1.36. The topological polar surface area (TPSA) is 63.3 Å². The smallest absolute Gasteiger partial charge is 0.311 e. The first-order chi connectivity index (χ1) is 7.07. The molecular formula is C11H14ClNO2. The summed E-state index contributed by atoms with van der Waals surface area (Å²) in [6.45, 7) is 1.94. The number of aliphatic carboxylic acids is 1. The van der Waals surface area contributed by atoms with E-state index in [1.54, 1.807) is 18.2 Å². The highest BCUT2D eigenvalue weighted by Crippen LogP contribution is 2.31. The fourth-order valence-corrected chi connectivity index (χ4v) is 1.74. The molecule has 1 atom stereocenters. The molecule has 0 amide bonds. The molecule has 0 bridgehead atoms. The van der Waals surface area contributed by atoms with Gasteiger partial charge in [-0.05, 0) is 18.1 Å². The van der Waals surface area contributed by atoms with Gasteiger partial charge < -0.3 is 10.8 Å². The molecule has 1 unspecified atom stereocenters. The van der Waals surface area contributed by atoms with Crippen LogP contribution in [-0.2, 0) is 4.79 Å². The number of hydrogen-bond acceptors (Lipinski definition) is 2. The molecule has 3 N–H and O–H groups in total. The average Bonchev–Trinajstić information content (AvgIpc) is 2.19. The Kier molecular flexibility index (Phi) is 3.97. The Morgan fingerprint density at radius 3 is 2.80 bits per heavy atom. The molecule has 0 aliphatic carbocycles. The van der Waals surface area contributed by atoms with Gasteiger partial charge in [-0.25, -0.2) is 0 Å². The lowest BCUT2D eigenvalue weighted by Gasteiger charge is -2.14. The highest BCUT2D eigenvalue weighted by molar-refractivity contribution is 6.33. The van der Waals surface area contributed by atoms with Crippen molar-refractivity contribution < 1.29 is 9.90 Å². The third kappa shape index (κ3) is 2.63. The molecule has 0 radical (unpaired) electrons. The van der Waals surface area contributed by atoms with Gasteiger partial charge in [-0.2, -0.15) is 0 Å². The summed E-state index contributed by atoms with van der Waals surface area (Å²) < 4.78 is 0. The zero-order chi connectivity index (χ0) is 11.4. The minimum Gasteiger partial charge on any atom is -0.481 e. The second-order valence-electron chi connectivity index (χ2n) is 3.42. The zero-order valence-corrected chi connectivity index (χ0v) is 9.29. The standard InChI is InChI=1S/C11H14ClNO2/c1-2-4-8(11(14)15)7-5-3-6-9(12)10(7)13/h3,5-6,8H,2,4,13H2,1H3,(H,14,15). The number of hydrogen-bond donors (Lipinski definition) is 2. The Morgan fingerprint density at radius 2 is 2.27 bits per heavy atom. The van der Waals surface area contributed by atoms with Crippen LogP contribution in [0, 0.1) is 0 Å². The first-order valence-electron chi connectivity index (χ1n) is 4.84. The first-order valence-corrected chi connectivity index (χ1v) is 5.22. The summed E-state index contributed by atoms with van der Waals surface area (Å²) in [6, 6.07) is 5.10. The van der Waals surface area contributed by atoms with Crippen LogP contribution in [0.4, 0.5) is 5.69 Å². The molecule has 82 valence electrons. The van der Waals surface area contributed by atoms with E-state index in [2.05, 4.69) is 0 Å². The van der Waals surface area contributed by atoms with Gasteiger partial charge in [-0.3, -0.25) is 4.79 Å². The number of carboxylic acid groups (broad SMARTS) is 1. The molecule has 3 nitrogen and oxygen atoms in total. The summed E-state index contributed by atoms with van der Waals surface area (Å²) >= 11 is 5.84. The number of rotatable bonds is 4. The summed E-state index contributed by atoms with van der Waals surface area (Å²) in [4.78, 5) is 11.1. The predicted molar refractivity (Wildman–Crippen MR) is 61.1 cm³/mol. The Hall–Kier alpha value is -1.22. The van der Waals surface area contributed by atoms with E-state index in [4.69, 9.17) is 22.4 Å². The van der Waals surface area contributed by atoms with Crippen LogP contribution in [0.3, 0.4) is 0 Å². The number of anilines is 1. The Balaban J connectivity index is 3.11. The Labute approximate surface area is 93.9 Å². The van der Waals surface area contributed by atoms with Crippen LogP contribution < -0.4 is 5.73 Å². The second kappa shape index (κ2) is 5.03. The number of benzene rings is 1. The molecule has 0 spiro atoms. The van der Waals surface area contributed by atoms with Crippen LogP contribution in [0.15, 0.2) is 18.2 Å². The Morgan fingerprint density at radius 1 is 1.60 bits per heavy atom. The zero-order valence-electron chi connectivity index (χ0n) is 8.53. The molecule has 1 aromatic carbocycles. The van der Waals surface area contributed by atoms with E-state index in [-0.39, 0.29) is 0 Å². The van der Waals surface area contributed by atoms with Crippen LogP contribution in [0.1, 0.15) is 31.2 Å². The van der Waals surface area contributed by atoms with Crippen molar-refractivity contribution in [3.63, 3.8) is 0 Å². The van der Waals surface area contributed by atoms with Gasteiger partial charge in [-0.15, -0.1) is 0 Å². The summed E-state index contributed by atoms with van der Waals surface area (Å²) in [5.41, 5.74) is 6.74. The van der Waals surface area contributed by atoms with Crippen molar-refractivity contribution in [3.05, 3.63) is 28.8 Å². The molecule has 15 heavy (non-hydrogen) atoms. The highest BCUT2D eigenvalue weighted by Gasteiger charge is 2.21. The van der Waals surface area contributed by atoms with Crippen LogP contribution in [0.25, 0.3) is 0 Å². The molecule has 0 saturated heterocycles. The Bertz CT molecular complexity index is 366. The van der Waals surface area contributed by atoms with Crippen LogP contribution in [-0.4, -0.2) is 11.1 Å². The molecule has 4 heteroatoms. The van der Waals surface area contributed by atoms with Crippen molar-refractivity contribution >= 4 is 23.3 Å². The minimum absolute atomic E-state index is 0.375. The summed E-state index contributed by atoms with van der Waals surface area (Å²) in [5.74, 6) is -1.42. The van der Waals surface area contributed by atoms with Gasteiger partial charge in [0.25, 0.3) is 0 Å². The molecule has 0 heterocycles. The van der Waals surface area contributed by atoms with Crippen molar-refractivity contribution in [3.8, 4) is 0 Å². The summed E-state index contributed by atoms with van der Waals surface area (Å²) in [5, 5.41) is 9.49. The van der Waals surface area contributed by atoms with Gasteiger partial charge >= 0.3 is 5.97 Å². The molecule has 0 fully saturated rings. The number of halogens is 1. The number of para-hydroxylation sites is 1. The maximum absolute atomic E-state index is 11.1. The number of nitrogen functional groups attached to an aromatic ring is 1. The van der Waals surface area contributed by atoms with Gasteiger partial charge in [0.15, 0.2) is 0 Å². The van der Waals surface area contributed by atoms with Crippen LogP contribution >= 0.6 is 11.6 Å². The largest absolute Gasteiger partial charge is 0.481 e. The van der Waals surface area contributed by atoms with Crippen molar-refractivity contribution in [2.75, 3.05) is 5.73 Å². The number of carboxylic acids is 1. The van der Waals surface area contributed by atoms with Crippen molar-refractivity contribution in [1.82, 2.24) is 0 Å². The van der Waals surface area contributed by atoms with Crippen molar-refractivity contribution in [2.24, 2.45) is 0 Å². The SMILES string of the molecule is CCCC(C(=O)O)c1cccc(Cl)c1N. The van der Waals surface area contributed by atoms with E-state index in [0.29, 0.717) is 22.7 Å². The van der Waals surface area contributed by atoms with Crippen LogP contribution in [0.5, 0.6) is 0 Å². The van der Waals surface area contributed by atoms with Crippen molar-refractivity contribution in [1.29, 1.82) is 0 Å². The fourth-order valence-electron chi connectivity index (χ4n) is 1.56. The van der Waals surface area contributed by atoms with Crippen molar-refractivity contribution in [2.45, 2.75) is 25.7 Å². The quantitative estimate of drug-likeness (QED) is 0.778. The number of nitrogens with two attached hydrogens (primary N) is 1. The van der Waals surface area contributed by atoms with E-state index in [1.165, 1.54) is 0 Å². The lowest BCUT2D eigenvalue weighted by atomic mass is 9.93. The van der Waals surface area contributed by atoms with Gasteiger partial charge in [0.2, 0.25) is 0 Å². The maximum atomic E-state index is 11.1. The van der Waals surface area contributed by atoms with Crippen LogP contribution in [0.2, 0.25) is 5.02 Å². The molecule has 0 aromatic heterocycles. The van der Waals surface area contributed by atoms with Gasteiger partial charge in [0.05, 0.1) is 16.6 Å². The fraction of sp³-hybridized carbons (Fsp3) is 0.364. The first kappa shape index (κ1) is 11.9. The van der Waals surface area contributed by atoms with E-state index >= 15 is 0 Å². The monoisotopic (exact) mass is 227 g/mol. The van der Waals surface area contributed by atoms with E-state index in [1.807, 2.05) is 6.92 Å². The third-order valence-corrected chi connectivity index (χ3v) is 2.67. The summed E-state index contributed by atoms with van der Waals surface area (Å²) in [7, 11) is 0. The minimum atomic E-state index is -0.856. The molecule has 0 aliphatic rings. The van der Waals surface area contributed by atoms with E-state index in [9.17, 15) is 4.79 Å². The molecule has 1 aromatic rings. The lowest BCUT2D eigenvalue weighted by molar-refractivity contribution is -0.139. The molecule has 1 rings (SSSR count). The molecular weight excluding hydrogens is 214 g/mol. The normalized spacial score (nSPS) is 12.4. The third-order valence-electron chi connectivity index (χ3n) is 2.34. The molecule has 0 saturated carbocycles. The van der Waals surface area contributed by atoms with Gasteiger partial charge in [-0.1, -0.05) is 37.1 Å². The average molecular weight is 228 g/mol. The van der Waals surface area contributed by atoms with Gasteiger partial charge in [0.1, 0.15) is 0 Å². The second-order valence-corrected chi connectivity index (χ2v) is 3.83. The number of carbonyl (C=O) groups is 1. The lowest BCUT2D eigenvalue weighted by Crippen LogP contribution is -2.13. The maximum Gasteiger partial charge on any atom is 0.311 e. The highest BCUT2D eigenvalue weighted by atomic mass is 35.5. The van der Waals surface area contributed by atoms with E-state index < -0.39 is 11.9 Å². The van der Waals surface area contributed by atoms with E-state index in [0.717, 1.165) is 6.42 Å². The predicted octanol–water partition coefficient (Wildman–Crippen LogP) is 2.89. The van der Waals surface area contributed by atoms with Gasteiger partial charge in [0, 0.05) is 0 Å².